The van der Waals surface area contributed by atoms with Gasteiger partial charge < -0.3 is 10.5 Å². The molecule has 1 aromatic rings. The molecule has 0 heterocycles. The molecule has 0 aliphatic heterocycles. The van der Waals surface area contributed by atoms with Gasteiger partial charge in [0.1, 0.15) is 5.82 Å². The first-order valence-corrected chi connectivity index (χ1v) is 4.72. The fourth-order valence-corrected chi connectivity index (χ4v) is 2.15. The van der Waals surface area contributed by atoms with Gasteiger partial charge >= 0.3 is 0 Å². The Balaban J connectivity index is 2.39. The number of benzene rings is 1. The van der Waals surface area contributed by atoms with Crippen LogP contribution in [0.1, 0.15) is 17.5 Å². The zero-order chi connectivity index (χ0) is 10.2. The van der Waals surface area contributed by atoms with Crippen LogP contribution in [0.25, 0.3) is 0 Å². The first kappa shape index (κ1) is 9.62. The van der Waals surface area contributed by atoms with Gasteiger partial charge in [-0.3, -0.25) is 0 Å². The molecule has 0 radical (unpaired) electrons. The molecule has 1 unspecified atom stereocenters. The summed E-state index contributed by atoms with van der Waals surface area (Å²) in [6, 6.07) is 4.80. The molecule has 2 N–H and O–H groups in total. The molecule has 76 valence electrons. The minimum atomic E-state index is -0.419. The molecular weight excluding hydrogens is 181 g/mol. The third-order valence-corrected chi connectivity index (χ3v) is 2.85. The van der Waals surface area contributed by atoms with Crippen LogP contribution in [0.2, 0.25) is 0 Å². The number of fused-ring (bicyclic) bond motifs is 1. The molecule has 1 atom stereocenters. The topological polar surface area (TPSA) is 35.2 Å². The Morgan fingerprint density at radius 2 is 2.36 bits per heavy atom. The molecule has 2 nitrogen and oxygen atoms in total. The predicted molar refractivity (Wildman–Crippen MR) is 52.5 cm³/mol. The molecular formula is C11H14FNO. The predicted octanol–water partition coefficient (Wildman–Crippen LogP) is 1.57. The Hall–Kier alpha value is -0.930. The second-order valence-corrected chi connectivity index (χ2v) is 3.89. The van der Waals surface area contributed by atoms with Crippen LogP contribution in [0.5, 0.6) is 0 Å². The summed E-state index contributed by atoms with van der Waals surface area (Å²) in [5.74, 6) is -0.189. The first-order valence-electron chi connectivity index (χ1n) is 4.72. The van der Waals surface area contributed by atoms with E-state index in [2.05, 4.69) is 0 Å². The summed E-state index contributed by atoms with van der Waals surface area (Å²) in [7, 11) is 1.64. The van der Waals surface area contributed by atoms with Crippen LogP contribution < -0.4 is 5.73 Å². The zero-order valence-electron chi connectivity index (χ0n) is 8.22. The van der Waals surface area contributed by atoms with Gasteiger partial charge in [-0.1, -0.05) is 6.07 Å². The lowest BCUT2D eigenvalue weighted by atomic mass is 9.94. The van der Waals surface area contributed by atoms with Crippen molar-refractivity contribution in [2.75, 3.05) is 13.7 Å². The van der Waals surface area contributed by atoms with Crippen LogP contribution in [0.3, 0.4) is 0 Å². The van der Waals surface area contributed by atoms with Gasteiger partial charge in [0, 0.05) is 7.11 Å². The minimum Gasteiger partial charge on any atom is -0.382 e. The third-order valence-electron chi connectivity index (χ3n) is 2.85. The lowest BCUT2D eigenvalue weighted by Gasteiger charge is -2.24. The van der Waals surface area contributed by atoms with Gasteiger partial charge in [-0.25, -0.2) is 4.39 Å². The molecule has 0 saturated carbocycles. The number of nitrogens with two attached hydrogens (primary N) is 1. The van der Waals surface area contributed by atoms with Gasteiger partial charge in [0.05, 0.1) is 12.1 Å². The maximum atomic E-state index is 12.9. The zero-order valence-corrected chi connectivity index (χ0v) is 8.22. The van der Waals surface area contributed by atoms with E-state index < -0.39 is 5.54 Å². The lowest BCUT2D eigenvalue weighted by molar-refractivity contribution is 0.132. The van der Waals surface area contributed by atoms with Crippen LogP contribution in [-0.4, -0.2) is 13.7 Å². The molecule has 2 rings (SSSR count). The Kier molecular flexibility index (Phi) is 2.29. The standard InChI is InChI=1S/C11H14FNO/c1-14-7-11(13)5-4-8-6-9(12)2-3-10(8)11/h2-3,6H,4-5,7,13H2,1H3. The van der Waals surface area contributed by atoms with E-state index in [0.717, 1.165) is 24.0 Å². The van der Waals surface area contributed by atoms with Crippen molar-refractivity contribution in [3.05, 3.63) is 35.1 Å². The molecule has 0 fully saturated rings. The van der Waals surface area contributed by atoms with E-state index in [9.17, 15) is 4.39 Å². The Morgan fingerprint density at radius 1 is 1.57 bits per heavy atom. The Morgan fingerprint density at radius 3 is 3.07 bits per heavy atom. The number of aryl methyl sites for hydroxylation is 1. The van der Waals surface area contributed by atoms with E-state index in [1.54, 1.807) is 19.2 Å². The summed E-state index contributed by atoms with van der Waals surface area (Å²) in [6.07, 6.45) is 1.67. The summed E-state index contributed by atoms with van der Waals surface area (Å²) in [6.45, 7) is 0.492. The molecule has 0 aromatic heterocycles. The first-order chi connectivity index (χ1) is 6.65. The van der Waals surface area contributed by atoms with Crippen molar-refractivity contribution in [2.24, 2.45) is 5.73 Å². The molecule has 1 aliphatic rings. The minimum absolute atomic E-state index is 0.189. The molecule has 3 heteroatoms. The van der Waals surface area contributed by atoms with Gasteiger partial charge in [-0.05, 0) is 36.1 Å². The number of rotatable bonds is 2. The fraction of sp³-hybridized carbons (Fsp3) is 0.455. The van der Waals surface area contributed by atoms with Crippen LogP contribution in [-0.2, 0) is 16.7 Å². The molecule has 1 aromatic carbocycles. The average molecular weight is 195 g/mol. The molecule has 0 bridgehead atoms. The highest BCUT2D eigenvalue weighted by molar-refractivity contribution is 5.38. The van der Waals surface area contributed by atoms with Gasteiger partial charge in [0.15, 0.2) is 0 Å². The van der Waals surface area contributed by atoms with Crippen molar-refractivity contribution in [2.45, 2.75) is 18.4 Å². The summed E-state index contributed by atoms with van der Waals surface area (Å²) >= 11 is 0. The number of hydrogen-bond donors (Lipinski definition) is 1. The van der Waals surface area contributed by atoms with E-state index in [1.165, 1.54) is 6.07 Å². The van der Waals surface area contributed by atoms with Gasteiger partial charge in [0.2, 0.25) is 0 Å². The third kappa shape index (κ3) is 1.42. The van der Waals surface area contributed by atoms with E-state index in [4.69, 9.17) is 10.5 Å². The van der Waals surface area contributed by atoms with Crippen LogP contribution in [0, 0.1) is 5.82 Å². The molecule has 1 aliphatic carbocycles. The van der Waals surface area contributed by atoms with Crippen LogP contribution in [0.4, 0.5) is 4.39 Å². The lowest BCUT2D eigenvalue weighted by Crippen LogP contribution is -2.38. The molecule has 14 heavy (non-hydrogen) atoms. The van der Waals surface area contributed by atoms with Crippen LogP contribution in [0.15, 0.2) is 18.2 Å². The summed E-state index contributed by atoms with van der Waals surface area (Å²) in [5, 5.41) is 0. The van der Waals surface area contributed by atoms with Crippen LogP contribution >= 0.6 is 0 Å². The number of hydrogen-bond acceptors (Lipinski definition) is 2. The largest absolute Gasteiger partial charge is 0.382 e. The van der Waals surface area contributed by atoms with Crippen molar-refractivity contribution in [1.82, 2.24) is 0 Å². The smallest absolute Gasteiger partial charge is 0.123 e. The van der Waals surface area contributed by atoms with E-state index in [0.29, 0.717) is 6.61 Å². The summed E-state index contributed by atoms with van der Waals surface area (Å²) in [5.41, 5.74) is 7.81. The van der Waals surface area contributed by atoms with Gasteiger partial charge in [0.25, 0.3) is 0 Å². The molecule has 0 amide bonds. The summed E-state index contributed by atoms with van der Waals surface area (Å²) < 4.78 is 18.0. The highest BCUT2D eigenvalue weighted by Gasteiger charge is 2.34. The number of halogens is 1. The maximum absolute atomic E-state index is 12.9. The van der Waals surface area contributed by atoms with Crippen molar-refractivity contribution < 1.29 is 9.13 Å². The number of methoxy groups -OCH3 is 1. The number of ether oxygens (including phenoxy) is 1. The summed E-state index contributed by atoms with van der Waals surface area (Å²) in [4.78, 5) is 0. The Labute approximate surface area is 82.9 Å². The average Bonchev–Trinajstić information content (AvgIpc) is 2.44. The fourth-order valence-electron chi connectivity index (χ4n) is 2.15. The second-order valence-electron chi connectivity index (χ2n) is 3.89. The molecule has 0 saturated heterocycles. The molecule has 0 spiro atoms. The monoisotopic (exact) mass is 195 g/mol. The maximum Gasteiger partial charge on any atom is 0.123 e. The quantitative estimate of drug-likeness (QED) is 0.777. The van der Waals surface area contributed by atoms with Crippen molar-refractivity contribution in [3.63, 3.8) is 0 Å². The van der Waals surface area contributed by atoms with Gasteiger partial charge in [-0.15, -0.1) is 0 Å². The SMILES string of the molecule is COCC1(N)CCc2cc(F)ccc21. The highest BCUT2D eigenvalue weighted by atomic mass is 19.1. The van der Waals surface area contributed by atoms with Crippen molar-refractivity contribution >= 4 is 0 Å². The van der Waals surface area contributed by atoms with E-state index in [1.807, 2.05) is 0 Å². The normalized spacial score (nSPS) is 25.1. The van der Waals surface area contributed by atoms with Crippen molar-refractivity contribution in [3.8, 4) is 0 Å². The highest BCUT2D eigenvalue weighted by Crippen LogP contribution is 2.35. The van der Waals surface area contributed by atoms with E-state index in [-0.39, 0.29) is 5.82 Å². The van der Waals surface area contributed by atoms with Gasteiger partial charge in [-0.2, -0.15) is 0 Å². The second kappa shape index (κ2) is 3.33. The Bertz CT molecular complexity index is 353. The van der Waals surface area contributed by atoms with Crippen molar-refractivity contribution in [1.29, 1.82) is 0 Å². The van der Waals surface area contributed by atoms with E-state index >= 15 is 0 Å².